The molecule has 0 aliphatic rings. The maximum atomic E-state index is 4.58. The van der Waals surface area contributed by atoms with Crippen LogP contribution in [0.5, 0.6) is 0 Å². The van der Waals surface area contributed by atoms with E-state index in [2.05, 4.69) is 79.0 Å². The Morgan fingerprint density at radius 3 is 1.79 bits per heavy atom. The quantitative estimate of drug-likeness (QED) is 0.627. The molecule has 0 aliphatic heterocycles. The first-order valence-electron chi connectivity index (χ1n) is 6.87. The van der Waals surface area contributed by atoms with Gasteiger partial charge in [0.2, 0.25) is 0 Å². The van der Waals surface area contributed by atoms with Gasteiger partial charge in [0, 0.05) is 0 Å². The zero-order valence-electron chi connectivity index (χ0n) is 11.5. The molecule has 2 rings (SSSR count). The number of hydrogen-bond acceptors (Lipinski definition) is 1. The summed E-state index contributed by atoms with van der Waals surface area (Å²) < 4.78 is 0. The minimum absolute atomic E-state index is 1.03. The molecule has 0 amide bonds. The fourth-order valence-corrected chi connectivity index (χ4v) is 4.71. The van der Waals surface area contributed by atoms with Gasteiger partial charge < -0.3 is 0 Å². The van der Waals surface area contributed by atoms with Gasteiger partial charge in [-0.3, -0.25) is 5.09 Å². The Labute approximate surface area is 116 Å². The van der Waals surface area contributed by atoms with Crippen molar-refractivity contribution in [2.24, 2.45) is 0 Å². The van der Waals surface area contributed by atoms with Crippen LogP contribution in [0.3, 0.4) is 0 Å². The number of benzene rings is 2. The van der Waals surface area contributed by atoms with Crippen molar-refractivity contribution in [1.29, 1.82) is 0 Å². The maximum absolute atomic E-state index is 4.58. The average molecular weight is 271 g/mol. The van der Waals surface area contributed by atoms with Crippen LogP contribution in [-0.2, 0) is 0 Å². The molecule has 0 spiro atoms. The van der Waals surface area contributed by atoms with E-state index in [1.807, 2.05) is 0 Å². The molecule has 0 unspecified atom stereocenters. The summed E-state index contributed by atoms with van der Waals surface area (Å²) in [6.45, 7) is 3.24. The Balaban J connectivity index is 2.36. The Hall–Kier alpha value is -1.30. The minimum atomic E-state index is -1.70. The Kier molecular flexibility index (Phi) is 5.01. The van der Waals surface area contributed by atoms with Crippen molar-refractivity contribution in [3.8, 4) is 0 Å². The van der Waals surface area contributed by atoms with Crippen molar-refractivity contribution in [3.63, 3.8) is 0 Å². The second kappa shape index (κ2) is 6.75. The van der Waals surface area contributed by atoms with E-state index in [0.29, 0.717) is 0 Å². The van der Waals surface area contributed by atoms with Crippen molar-refractivity contribution in [2.45, 2.75) is 19.8 Å². The first kappa shape index (κ1) is 14.1. The summed E-state index contributed by atoms with van der Waals surface area (Å²) in [6, 6.07) is 21.3. The highest BCUT2D eigenvalue weighted by Crippen LogP contribution is 2.37. The molecule has 1 N–H and O–H groups in total. The molecule has 0 aliphatic carbocycles. The molecule has 1 nitrogen and oxygen atoms in total. The fraction of sp³-hybridized carbons (Fsp3) is 0.235. The summed E-state index contributed by atoms with van der Waals surface area (Å²) in [5, 5.41) is 6.36. The van der Waals surface area contributed by atoms with Gasteiger partial charge in [-0.1, -0.05) is 80.3 Å². The van der Waals surface area contributed by atoms with Gasteiger partial charge in [-0.15, -0.1) is 0 Å². The molecule has 0 fully saturated rings. The van der Waals surface area contributed by atoms with Crippen LogP contribution in [0, 0.1) is 0 Å². The van der Waals surface area contributed by atoms with Crippen LogP contribution in [0.15, 0.2) is 60.7 Å². The van der Waals surface area contributed by atoms with Crippen molar-refractivity contribution in [3.05, 3.63) is 60.7 Å². The van der Waals surface area contributed by atoms with E-state index in [9.17, 15) is 0 Å². The third-order valence-electron chi connectivity index (χ3n) is 3.31. The summed E-state index contributed by atoms with van der Waals surface area (Å²) in [5.41, 5.74) is 0. The first-order valence-corrected chi connectivity index (χ1v) is 8.84. The van der Waals surface area contributed by atoms with Crippen LogP contribution in [0.1, 0.15) is 19.8 Å². The summed E-state index contributed by atoms with van der Waals surface area (Å²) in [6.07, 6.45) is 6.98. The highest BCUT2D eigenvalue weighted by atomic mass is 31.2. The second-order valence-corrected chi connectivity index (χ2v) is 7.71. The molecule has 19 heavy (non-hydrogen) atoms. The average Bonchev–Trinajstić information content (AvgIpc) is 2.49. The lowest BCUT2D eigenvalue weighted by Gasteiger charge is -2.27. The van der Waals surface area contributed by atoms with Crippen molar-refractivity contribution < 1.29 is 0 Å². The van der Waals surface area contributed by atoms with Crippen LogP contribution >= 0.6 is 7.04 Å². The molecule has 0 saturated heterocycles. The Bertz CT molecular complexity index is 490. The zero-order valence-corrected chi connectivity index (χ0v) is 12.4. The summed E-state index contributed by atoms with van der Waals surface area (Å²) >= 11 is 0. The zero-order chi connectivity index (χ0) is 13.6. The predicted molar refractivity (Wildman–Crippen MR) is 89.1 cm³/mol. The van der Waals surface area contributed by atoms with Crippen LogP contribution in [-0.4, -0.2) is 12.8 Å². The number of rotatable bonds is 6. The van der Waals surface area contributed by atoms with Gasteiger partial charge in [0.25, 0.3) is 0 Å². The smallest absolute Gasteiger partial charge is 0.0000292 e. The van der Waals surface area contributed by atoms with Crippen LogP contribution in [0.2, 0.25) is 0 Å². The van der Waals surface area contributed by atoms with Crippen LogP contribution in [0.4, 0.5) is 0 Å². The molecule has 0 saturated carbocycles. The van der Waals surface area contributed by atoms with E-state index < -0.39 is 7.04 Å². The molecule has 2 heteroatoms. The van der Waals surface area contributed by atoms with Crippen molar-refractivity contribution in [1.82, 2.24) is 5.09 Å². The van der Waals surface area contributed by atoms with Crippen molar-refractivity contribution >= 4 is 23.9 Å². The molecule has 0 bridgehead atoms. The fourth-order valence-electron chi connectivity index (χ4n) is 2.14. The normalized spacial score (nSPS) is 11.4. The van der Waals surface area contributed by atoms with E-state index in [0.717, 1.165) is 6.54 Å². The standard InChI is InChI=1S/C17H22NP/c1-3-4-15-18-19(2,16-11-7-5-8-12-16)17-13-9-6-10-14-17/h5-14,18H,2-4,15H2,1H3. The molecular weight excluding hydrogens is 249 g/mol. The van der Waals surface area contributed by atoms with Crippen molar-refractivity contribution in [2.75, 3.05) is 6.54 Å². The van der Waals surface area contributed by atoms with E-state index >= 15 is 0 Å². The molecular formula is C17H22NP. The van der Waals surface area contributed by atoms with Gasteiger partial charge in [0.05, 0.1) is 0 Å². The summed E-state index contributed by atoms with van der Waals surface area (Å²) in [4.78, 5) is 0. The second-order valence-electron chi connectivity index (χ2n) is 4.74. The van der Waals surface area contributed by atoms with Crippen LogP contribution in [0.25, 0.3) is 0 Å². The molecule has 2 aromatic rings. The van der Waals surface area contributed by atoms with Gasteiger partial charge in [-0.25, -0.2) is 0 Å². The minimum Gasteiger partial charge on any atom is -0.290 e. The largest absolute Gasteiger partial charge is 0.290 e. The van der Waals surface area contributed by atoms with Gasteiger partial charge in [0.1, 0.15) is 0 Å². The lowest BCUT2D eigenvalue weighted by atomic mass is 10.3. The first-order chi connectivity index (χ1) is 9.27. The highest BCUT2D eigenvalue weighted by molar-refractivity contribution is 7.85. The van der Waals surface area contributed by atoms with Gasteiger partial charge in [0.15, 0.2) is 0 Å². The van der Waals surface area contributed by atoms with Gasteiger partial charge >= 0.3 is 0 Å². The van der Waals surface area contributed by atoms with Gasteiger partial charge in [-0.05, 0) is 30.6 Å². The Morgan fingerprint density at radius 2 is 1.37 bits per heavy atom. The van der Waals surface area contributed by atoms with E-state index in [1.54, 1.807) is 0 Å². The third-order valence-corrected chi connectivity index (χ3v) is 6.43. The number of unbranched alkanes of at least 4 members (excludes halogenated alkanes) is 1. The summed E-state index contributed by atoms with van der Waals surface area (Å²) in [7, 11) is -1.70. The lowest BCUT2D eigenvalue weighted by molar-refractivity contribution is 0.772. The van der Waals surface area contributed by atoms with Gasteiger partial charge in [-0.2, -0.15) is 0 Å². The SMILES string of the molecule is C=P(NCCCC)(c1ccccc1)c1ccccc1. The molecule has 2 aromatic carbocycles. The molecule has 0 atom stereocenters. The number of nitrogens with one attached hydrogen (secondary N) is 1. The molecule has 100 valence electrons. The molecule has 0 radical (unpaired) electrons. The van der Waals surface area contributed by atoms with E-state index in [1.165, 1.54) is 23.5 Å². The lowest BCUT2D eigenvalue weighted by Crippen LogP contribution is -2.28. The molecule has 0 heterocycles. The van der Waals surface area contributed by atoms with E-state index in [4.69, 9.17) is 0 Å². The maximum Gasteiger partial charge on any atom is -0.0000292 e. The highest BCUT2D eigenvalue weighted by Gasteiger charge is 2.17. The third kappa shape index (κ3) is 3.37. The van der Waals surface area contributed by atoms with E-state index in [-0.39, 0.29) is 0 Å². The topological polar surface area (TPSA) is 12.0 Å². The Morgan fingerprint density at radius 1 is 0.895 bits per heavy atom. The van der Waals surface area contributed by atoms with Crippen LogP contribution < -0.4 is 15.7 Å². The predicted octanol–water partition coefficient (Wildman–Crippen LogP) is 3.39. The molecule has 0 aromatic heterocycles. The monoisotopic (exact) mass is 271 g/mol. The summed E-state index contributed by atoms with van der Waals surface area (Å²) in [5.74, 6) is 0. The number of hydrogen-bond donors (Lipinski definition) is 1.